The van der Waals surface area contributed by atoms with Gasteiger partial charge in [-0.1, -0.05) is 18.2 Å². The minimum Gasteiger partial charge on any atom is -0.747 e. The Bertz CT molecular complexity index is 1730. The van der Waals surface area contributed by atoms with Crippen molar-refractivity contribution in [3.8, 4) is 5.75 Å². The molecule has 0 fully saturated rings. The van der Waals surface area contributed by atoms with Gasteiger partial charge < -0.3 is 24.8 Å². The minimum atomic E-state index is -5.12. The summed E-state index contributed by atoms with van der Waals surface area (Å²) in [7, 11) is -14.1. The number of sulfone groups is 1. The molecule has 0 aliphatic rings. The average Bonchev–Trinajstić information content (AvgIpc) is 2.83. The van der Waals surface area contributed by atoms with Gasteiger partial charge in [0.15, 0.2) is 9.84 Å². The van der Waals surface area contributed by atoms with Crippen molar-refractivity contribution < 1.29 is 147 Å². The van der Waals surface area contributed by atoms with E-state index in [4.69, 9.17) is 0 Å². The average molecular weight is 692 g/mol. The molecule has 42 heavy (non-hydrogen) atoms. The van der Waals surface area contributed by atoms with Crippen LogP contribution in [0.2, 0.25) is 0 Å². The van der Waals surface area contributed by atoms with Crippen molar-refractivity contribution in [1.82, 2.24) is 0 Å². The Morgan fingerprint density at radius 1 is 0.929 bits per heavy atom. The van der Waals surface area contributed by atoms with Crippen LogP contribution in [0, 0.1) is 0 Å². The molecule has 0 heterocycles. The van der Waals surface area contributed by atoms with Gasteiger partial charge in [-0.25, -0.2) is 25.3 Å². The van der Waals surface area contributed by atoms with Gasteiger partial charge in [0.25, 0.3) is 0 Å². The van der Waals surface area contributed by atoms with E-state index < -0.39 is 59.2 Å². The summed E-state index contributed by atoms with van der Waals surface area (Å²) in [4.78, 5) is -0.185. The van der Waals surface area contributed by atoms with Gasteiger partial charge in [0.05, 0.1) is 40.4 Å². The fourth-order valence-electron chi connectivity index (χ4n) is 3.17. The van der Waals surface area contributed by atoms with Crippen LogP contribution in [0.15, 0.2) is 68.6 Å². The van der Waals surface area contributed by atoms with E-state index in [0.29, 0.717) is 12.0 Å². The SMILES string of the molecule is O=S(=O)([O-])CNc1ccc2cc(SOO[O-])cc(O)c2c1N=Nc1ccccc1S(=O)(=O)CCOS(=O)(=O)[O-].[Na+].[Na+].[Na+]. The number of benzene rings is 3. The van der Waals surface area contributed by atoms with E-state index in [2.05, 4.69) is 29.1 Å². The van der Waals surface area contributed by atoms with Crippen molar-refractivity contribution >= 4 is 70.2 Å². The zero-order chi connectivity index (χ0) is 28.8. The predicted molar refractivity (Wildman–Crippen MR) is 130 cm³/mol. The van der Waals surface area contributed by atoms with Crippen LogP contribution in [-0.4, -0.2) is 57.7 Å². The first-order valence-electron chi connectivity index (χ1n) is 10.1. The van der Waals surface area contributed by atoms with Crippen LogP contribution in [0.1, 0.15) is 0 Å². The molecule has 2 N–H and O–H groups in total. The Morgan fingerprint density at radius 3 is 2.21 bits per heavy atom. The zero-order valence-electron chi connectivity index (χ0n) is 22.1. The number of nitrogens with one attached hydrogen (secondary N) is 1. The summed E-state index contributed by atoms with van der Waals surface area (Å²) in [5.74, 6) is -2.39. The normalized spacial score (nSPS) is 11.9. The molecular formula is C19H16N3Na3O13S4. The molecule has 0 aliphatic carbocycles. The molecule has 0 amide bonds. The van der Waals surface area contributed by atoms with Gasteiger partial charge in [-0.2, -0.15) is 4.33 Å². The second-order valence-corrected chi connectivity index (χ2v) is 12.6. The summed E-state index contributed by atoms with van der Waals surface area (Å²) >= 11 is 0.477. The third kappa shape index (κ3) is 12.8. The van der Waals surface area contributed by atoms with Crippen LogP contribution in [0.3, 0.4) is 0 Å². The Hall–Kier alpha value is 0.0800. The number of nitrogens with zero attached hydrogens (tertiary/aromatic N) is 2. The van der Waals surface area contributed by atoms with Gasteiger partial charge in [0, 0.05) is 4.90 Å². The van der Waals surface area contributed by atoms with Gasteiger partial charge in [0.1, 0.15) is 33.1 Å². The summed E-state index contributed by atoms with van der Waals surface area (Å²) in [6, 6.07) is 10.5. The molecular weight excluding hydrogens is 675 g/mol. The number of phenolic OH excluding ortho intramolecular Hbond substituents is 1. The smallest absolute Gasteiger partial charge is 0.747 e. The van der Waals surface area contributed by atoms with Crippen LogP contribution in [0.4, 0.5) is 17.1 Å². The van der Waals surface area contributed by atoms with Gasteiger partial charge in [-0.15, -0.1) is 10.2 Å². The minimum absolute atomic E-state index is 0. The van der Waals surface area contributed by atoms with Gasteiger partial charge >= 0.3 is 88.7 Å². The summed E-state index contributed by atoms with van der Waals surface area (Å²) < 4.78 is 99.0. The maximum absolute atomic E-state index is 12.7. The summed E-state index contributed by atoms with van der Waals surface area (Å²) in [5, 5.41) is 34.6. The number of anilines is 1. The number of rotatable bonds is 13. The van der Waals surface area contributed by atoms with E-state index in [1.165, 1.54) is 36.4 Å². The topological polar surface area (TPSA) is 256 Å². The largest absolute Gasteiger partial charge is 1.00 e. The van der Waals surface area contributed by atoms with E-state index in [-0.39, 0.29) is 121 Å². The predicted octanol–water partition coefficient (Wildman–Crippen LogP) is -7.63. The van der Waals surface area contributed by atoms with Crippen molar-refractivity contribution in [3.05, 3.63) is 48.5 Å². The van der Waals surface area contributed by atoms with E-state index in [1.54, 1.807) is 0 Å². The maximum Gasteiger partial charge on any atom is 1.00 e. The Morgan fingerprint density at radius 2 is 1.60 bits per heavy atom. The van der Waals surface area contributed by atoms with Crippen molar-refractivity contribution in [2.75, 3.05) is 23.6 Å². The quantitative estimate of drug-likeness (QED) is 0.0321. The fourth-order valence-corrected chi connectivity index (χ4v) is 5.58. The zero-order valence-corrected chi connectivity index (χ0v) is 31.4. The molecule has 0 saturated heterocycles. The van der Waals surface area contributed by atoms with Gasteiger partial charge in [-0.3, -0.25) is 9.22 Å². The van der Waals surface area contributed by atoms with Crippen molar-refractivity contribution in [3.63, 3.8) is 0 Å². The third-order valence-electron chi connectivity index (χ3n) is 4.68. The van der Waals surface area contributed by atoms with Crippen molar-refractivity contribution in [2.24, 2.45) is 10.2 Å². The van der Waals surface area contributed by atoms with Crippen LogP contribution in [-0.2, 0) is 43.9 Å². The molecule has 0 aromatic heterocycles. The van der Waals surface area contributed by atoms with Gasteiger partial charge in [-0.05, 0) is 35.7 Å². The molecule has 0 unspecified atom stereocenters. The van der Waals surface area contributed by atoms with E-state index >= 15 is 0 Å². The molecule has 3 aromatic carbocycles. The summed E-state index contributed by atoms with van der Waals surface area (Å²) in [6.07, 6.45) is 0. The Kier molecular flexibility index (Phi) is 18.3. The number of hydrogen-bond acceptors (Lipinski definition) is 17. The molecule has 212 valence electrons. The molecule has 3 rings (SSSR count). The molecule has 0 aliphatic heterocycles. The third-order valence-corrected chi connectivity index (χ3v) is 7.90. The molecule has 0 atom stereocenters. The number of fused-ring (bicyclic) bond motifs is 1. The molecule has 3 aromatic rings. The second kappa shape index (κ2) is 18.3. The molecule has 23 heteroatoms. The van der Waals surface area contributed by atoms with Gasteiger partial charge in [0.2, 0.25) is 10.4 Å². The van der Waals surface area contributed by atoms with E-state index in [9.17, 15) is 44.7 Å². The molecule has 0 spiro atoms. The summed E-state index contributed by atoms with van der Waals surface area (Å²) in [5.41, 5.74) is -0.511. The van der Waals surface area contributed by atoms with E-state index in [0.717, 1.165) is 12.1 Å². The number of phenols is 1. The first-order chi connectivity index (χ1) is 18.2. The van der Waals surface area contributed by atoms with Crippen LogP contribution < -0.4 is 99.2 Å². The van der Waals surface area contributed by atoms with Crippen LogP contribution in [0.25, 0.3) is 10.8 Å². The second-order valence-electron chi connectivity index (χ2n) is 7.32. The first kappa shape index (κ1) is 42.1. The number of azo groups is 1. The molecule has 0 radical (unpaired) electrons. The monoisotopic (exact) mass is 691 g/mol. The summed E-state index contributed by atoms with van der Waals surface area (Å²) in [6.45, 7) is -0.948. The maximum atomic E-state index is 12.7. The fraction of sp³-hybridized carbons (Fsp3) is 0.158. The molecule has 16 nitrogen and oxygen atoms in total. The Labute approximate surface area is 311 Å². The molecule has 0 bridgehead atoms. The van der Waals surface area contributed by atoms with Crippen LogP contribution in [0.5, 0.6) is 5.75 Å². The number of aromatic hydroxyl groups is 1. The standard InChI is InChI=1S/C19H19N3O13S4.3Na/c23-16-10-13(36-35-34-24)9-12-5-6-15(20-11-38(27,28)29)19(18(12)16)22-21-14-3-1-2-4-17(14)37(25,26)8-7-33-39(30,31)32;;;/h1-6,9-10,20,23-24H,7-8,11H2,(H,27,28,29)(H,30,31,32);;;/q;3*+1/p-3. The Balaban J connectivity index is 0.00000560. The number of hydrogen-bond donors (Lipinski definition) is 2. The van der Waals surface area contributed by atoms with E-state index in [1.807, 2.05) is 0 Å². The first-order valence-corrected chi connectivity index (χ1v) is 15.4. The van der Waals surface area contributed by atoms with Crippen LogP contribution >= 0.6 is 12.0 Å². The van der Waals surface area contributed by atoms with Crippen molar-refractivity contribution in [1.29, 1.82) is 0 Å². The van der Waals surface area contributed by atoms with Crippen molar-refractivity contribution in [2.45, 2.75) is 9.79 Å². The molecule has 0 saturated carbocycles.